The Morgan fingerprint density at radius 2 is 1.25 bits per heavy atom. The van der Waals surface area contributed by atoms with E-state index in [-0.39, 0.29) is 0 Å². The van der Waals surface area contributed by atoms with Gasteiger partial charge < -0.3 is 9.80 Å². The Labute approximate surface area is 127 Å². The minimum absolute atomic E-state index is 0.619. The van der Waals surface area contributed by atoms with Gasteiger partial charge in [-0.05, 0) is 19.8 Å². The summed E-state index contributed by atoms with van der Waals surface area (Å²) in [5.41, 5.74) is 0. The molecule has 1 aliphatic rings. The van der Waals surface area contributed by atoms with Crippen molar-refractivity contribution in [2.75, 3.05) is 13.1 Å². The Morgan fingerprint density at radius 1 is 0.700 bits per heavy atom. The van der Waals surface area contributed by atoms with Crippen LogP contribution >= 0.6 is 0 Å². The molecular weight excluding hydrogens is 244 g/mol. The summed E-state index contributed by atoms with van der Waals surface area (Å²) < 4.78 is 0. The monoisotopic (exact) mass is 280 g/mol. The van der Waals surface area contributed by atoms with Gasteiger partial charge in [0.2, 0.25) is 0 Å². The first kappa shape index (κ1) is 17.4. The Morgan fingerprint density at radius 3 is 1.80 bits per heavy atom. The van der Waals surface area contributed by atoms with Crippen LogP contribution in [0.15, 0.2) is 12.4 Å². The van der Waals surface area contributed by atoms with Gasteiger partial charge >= 0.3 is 0 Å². The molecule has 118 valence electrons. The van der Waals surface area contributed by atoms with Crippen LogP contribution < -0.4 is 0 Å². The highest BCUT2D eigenvalue weighted by atomic mass is 15.4. The van der Waals surface area contributed by atoms with Crippen molar-refractivity contribution >= 4 is 0 Å². The third-order valence-corrected chi connectivity index (χ3v) is 4.47. The van der Waals surface area contributed by atoms with Crippen molar-refractivity contribution in [2.45, 2.75) is 91.1 Å². The van der Waals surface area contributed by atoms with Crippen molar-refractivity contribution in [3.05, 3.63) is 12.4 Å². The molecule has 2 nitrogen and oxygen atoms in total. The van der Waals surface area contributed by atoms with Crippen LogP contribution in [0.3, 0.4) is 0 Å². The third-order valence-electron chi connectivity index (χ3n) is 4.47. The molecule has 0 N–H and O–H groups in total. The first-order chi connectivity index (χ1) is 9.83. The summed E-state index contributed by atoms with van der Waals surface area (Å²) in [5.74, 6) is 0. The van der Waals surface area contributed by atoms with Crippen molar-refractivity contribution in [3.8, 4) is 0 Å². The van der Waals surface area contributed by atoms with E-state index in [4.69, 9.17) is 0 Å². The van der Waals surface area contributed by atoms with E-state index in [0.717, 1.165) is 6.54 Å². The number of nitrogens with zero attached hydrogens (tertiary/aromatic N) is 2. The molecule has 1 rings (SSSR count). The lowest BCUT2D eigenvalue weighted by atomic mass is 10.1. The number of hydrogen-bond acceptors (Lipinski definition) is 2. The molecule has 0 spiro atoms. The molecule has 0 radical (unpaired) electrons. The summed E-state index contributed by atoms with van der Waals surface area (Å²) in [4.78, 5) is 4.98. The lowest BCUT2D eigenvalue weighted by Crippen LogP contribution is -2.38. The lowest BCUT2D eigenvalue weighted by molar-refractivity contribution is 0.151. The van der Waals surface area contributed by atoms with Gasteiger partial charge in [0.25, 0.3) is 0 Å². The predicted molar refractivity (Wildman–Crippen MR) is 89.5 cm³/mol. The first-order valence-electron chi connectivity index (χ1n) is 9.03. The highest BCUT2D eigenvalue weighted by molar-refractivity contribution is 4.95. The van der Waals surface area contributed by atoms with Crippen LogP contribution in [-0.4, -0.2) is 29.1 Å². The van der Waals surface area contributed by atoms with Crippen LogP contribution in [0.25, 0.3) is 0 Å². The molecule has 0 aromatic carbocycles. The number of hydrogen-bond donors (Lipinski definition) is 0. The summed E-state index contributed by atoms with van der Waals surface area (Å²) in [6.07, 6.45) is 19.2. The van der Waals surface area contributed by atoms with Crippen LogP contribution in [-0.2, 0) is 0 Å². The van der Waals surface area contributed by atoms with Crippen LogP contribution in [0.1, 0.15) is 85.0 Å². The molecule has 0 aromatic heterocycles. The molecule has 0 amide bonds. The molecule has 0 aromatic rings. The van der Waals surface area contributed by atoms with Crippen LogP contribution in [0.4, 0.5) is 0 Å². The smallest absolute Gasteiger partial charge is 0.100 e. The van der Waals surface area contributed by atoms with E-state index in [1.807, 2.05) is 0 Å². The van der Waals surface area contributed by atoms with Crippen molar-refractivity contribution < 1.29 is 0 Å². The second kappa shape index (κ2) is 11.0. The van der Waals surface area contributed by atoms with Crippen LogP contribution in [0.2, 0.25) is 0 Å². The molecule has 2 heteroatoms. The van der Waals surface area contributed by atoms with E-state index >= 15 is 0 Å². The van der Waals surface area contributed by atoms with Gasteiger partial charge in [-0.25, -0.2) is 0 Å². The fraction of sp³-hybridized carbons (Fsp3) is 0.889. The average molecular weight is 281 g/mol. The average Bonchev–Trinajstić information content (AvgIpc) is 2.87. The minimum atomic E-state index is 0.619. The van der Waals surface area contributed by atoms with Crippen molar-refractivity contribution in [2.24, 2.45) is 0 Å². The SMILES string of the molecule is CCCCCCCCCCCN1C=CN(CC)C1CC. The van der Waals surface area contributed by atoms with E-state index in [2.05, 4.69) is 43.0 Å². The van der Waals surface area contributed by atoms with Crippen molar-refractivity contribution in [1.82, 2.24) is 9.80 Å². The Hall–Kier alpha value is -0.660. The molecule has 1 heterocycles. The predicted octanol–water partition coefficient (Wildman–Crippen LogP) is 5.36. The summed E-state index contributed by atoms with van der Waals surface area (Å²) in [7, 11) is 0. The number of unbranched alkanes of at least 4 members (excludes halogenated alkanes) is 8. The van der Waals surface area contributed by atoms with Crippen molar-refractivity contribution in [3.63, 3.8) is 0 Å². The van der Waals surface area contributed by atoms with Gasteiger partial charge in [-0.15, -0.1) is 0 Å². The Bertz CT molecular complexity index is 250. The fourth-order valence-electron chi connectivity index (χ4n) is 3.17. The normalized spacial score (nSPS) is 18.2. The molecule has 0 fully saturated rings. The van der Waals surface area contributed by atoms with Gasteiger partial charge in [0.05, 0.1) is 0 Å². The van der Waals surface area contributed by atoms with Gasteiger partial charge in [-0.3, -0.25) is 0 Å². The van der Waals surface area contributed by atoms with Gasteiger partial charge in [0.1, 0.15) is 6.17 Å². The maximum absolute atomic E-state index is 2.53. The maximum Gasteiger partial charge on any atom is 0.100 e. The molecular formula is C18H36N2. The summed E-state index contributed by atoms with van der Waals surface area (Å²) in [5, 5.41) is 0. The minimum Gasteiger partial charge on any atom is -0.356 e. The standard InChI is InChI=1S/C18H36N2/c1-4-7-8-9-10-11-12-13-14-15-20-17-16-19(6-3)18(20)5-2/h16-18H,4-15H2,1-3H3. The zero-order valence-electron chi connectivity index (χ0n) is 14.1. The van der Waals surface area contributed by atoms with Gasteiger partial charge in [0.15, 0.2) is 0 Å². The Balaban J connectivity index is 1.97. The Kier molecular flexibility index (Phi) is 9.61. The van der Waals surface area contributed by atoms with E-state index in [1.54, 1.807) is 0 Å². The van der Waals surface area contributed by atoms with Crippen LogP contribution in [0.5, 0.6) is 0 Å². The molecule has 20 heavy (non-hydrogen) atoms. The lowest BCUT2D eigenvalue weighted by Gasteiger charge is -2.31. The molecule has 1 atom stereocenters. The quantitative estimate of drug-likeness (QED) is 0.444. The first-order valence-corrected chi connectivity index (χ1v) is 9.03. The van der Waals surface area contributed by atoms with Gasteiger partial charge in [-0.1, -0.05) is 65.2 Å². The maximum atomic E-state index is 2.53. The molecule has 1 aliphatic heterocycles. The second-order valence-corrected chi connectivity index (χ2v) is 6.08. The fourth-order valence-corrected chi connectivity index (χ4v) is 3.17. The largest absolute Gasteiger partial charge is 0.356 e. The summed E-state index contributed by atoms with van der Waals surface area (Å²) in [6.45, 7) is 9.19. The summed E-state index contributed by atoms with van der Waals surface area (Å²) in [6, 6.07) is 0. The molecule has 0 bridgehead atoms. The zero-order valence-corrected chi connectivity index (χ0v) is 14.1. The topological polar surface area (TPSA) is 6.48 Å². The van der Waals surface area contributed by atoms with Gasteiger partial charge in [-0.2, -0.15) is 0 Å². The van der Waals surface area contributed by atoms with Gasteiger partial charge in [0, 0.05) is 25.5 Å². The third kappa shape index (κ3) is 6.19. The van der Waals surface area contributed by atoms with E-state index in [1.165, 1.54) is 70.8 Å². The summed E-state index contributed by atoms with van der Waals surface area (Å²) >= 11 is 0. The van der Waals surface area contributed by atoms with Crippen molar-refractivity contribution in [1.29, 1.82) is 0 Å². The molecule has 0 saturated carbocycles. The van der Waals surface area contributed by atoms with E-state index in [9.17, 15) is 0 Å². The molecule has 1 unspecified atom stereocenters. The van der Waals surface area contributed by atoms with E-state index in [0.29, 0.717) is 6.17 Å². The second-order valence-electron chi connectivity index (χ2n) is 6.08. The molecule has 0 aliphatic carbocycles. The van der Waals surface area contributed by atoms with E-state index < -0.39 is 0 Å². The number of rotatable bonds is 12. The molecule has 0 saturated heterocycles. The van der Waals surface area contributed by atoms with Crippen LogP contribution in [0, 0.1) is 0 Å². The highest BCUT2D eigenvalue weighted by Crippen LogP contribution is 2.19. The highest BCUT2D eigenvalue weighted by Gasteiger charge is 2.22. The zero-order chi connectivity index (χ0) is 14.6.